The van der Waals surface area contributed by atoms with Gasteiger partial charge >= 0.3 is 0 Å². The number of amides is 1. The van der Waals surface area contributed by atoms with E-state index in [0.29, 0.717) is 0 Å². The van der Waals surface area contributed by atoms with Crippen molar-refractivity contribution >= 4 is 5.91 Å². The van der Waals surface area contributed by atoms with Crippen molar-refractivity contribution in [3.8, 4) is 5.75 Å². The normalized spacial score (nSPS) is 19.8. The Bertz CT molecular complexity index is 381. The molecule has 1 atom stereocenters. The topological polar surface area (TPSA) is 38.3 Å². The second kappa shape index (κ2) is 4.17. The molecule has 0 spiro atoms. The summed E-state index contributed by atoms with van der Waals surface area (Å²) in [5.74, 6) is 0.804. The molecule has 0 bridgehead atoms. The fourth-order valence-corrected chi connectivity index (χ4v) is 1.65. The third-order valence-electron chi connectivity index (χ3n) is 2.48. The first kappa shape index (κ1) is 9.77. The summed E-state index contributed by atoms with van der Waals surface area (Å²) in [5, 5.41) is 2.90. The standard InChI is InChI=1S/C12H13NO2/c1-15-10-7-5-9(6-8-10)11-3-2-4-12(14)13-11/h2,4-8,11H,3H2,1H3,(H,13,14)/t11-/m0/s1. The number of hydrogen-bond acceptors (Lipinski definition) is 2. The average molecular weight is 203 g/mol. The van der Waals surface area contributed by atoms with Crippen molar-refractivity contribution in [1.29, 1.82) is 0 Å². The Morgan fingerprint density at radius 1 is 1.33 bits per heavy atom. The third kappa shape index (κ3) is 2.18. The van der Waals surface area contributed by atoms with Gasteiger partial charge in [0, 0.05) is 0 Å². The predicted molar refractivity (Wildman–Crippen MR) is 57.6 cm³/mol. The van der Waals surface area contributed by atoms with Gasteiger partial charge in [-0.15, -0.1) is 0 Å². The van der Waals surface area contributed by atoms with E-state index in [2.05, 4.69) is 5.32 Å². The van der Waals surface area contributed by atoms with Crippen molar-refractivity contribution in [2.75, 3.05) is 7.11 Å². The maximum Gasteiger partial charge on any atom is 0.244 e. The highest BCUT2D eigenvalue weighted by molar-refractivity contribution is 5.88. The van der Waals surface area contributed by atoms with E-state index < -0.39 is 0 Å². The van der Waals surface area contributed by atoms with Crippen LogP contribution in [0, 0.1) is 0 Å². The molecule has 1 amide bonds. The van der Waals surface area contributed by atoms with Gasteiger partial charge in [-0.25, -0.2) is 0 Å². The highest BCUT2D eigenvalue weighted by atomic mass is 16.5. The Kier molecular flexibility index (Phi) is 2.72. The Morgan fingerprint density at radius 3 is 2.67 bits per heavy atom. The zero-order valence-corrected chi connectivity index (χ0v) is 8.57. The van der Waals surface area contributed by atoms with Gasteiger partial charge in [0.1, 0.15) is 5.75 Å². The van der Waals surface area contributed by atoms with Crippen molar-refractivity contribution in [2.45, 2.75) is 12.5 Å². The van der Waals surface area contributed by atoms with Gasteiger partial charge in [0.15, 0.2) is 0 Å². The molecule has 0 aliphatic carbocycles. The van der Waals surface area contributed by atoms with Crippen LogP contribution in [0.25, 0.3) is 0 Å². The van der Waals surface area contributed by atoms with Gasteiger partial charge in [-0.1, -0.05) is 18.2 Å². The molecular weight excluding hydrogens is 190 g/mol. The summed E-state index contributed by atoms with van der Waals surface area (Å²) in [6.45, 7) is 0. The van der Waals surface area contributed by atoms with Gasteiger partial charge in [-0.2, -0.15) is 0 Å². The second-order valence-electron chi connectivity index (χ2n) is 3.47. The van der Waals surface area contributed by atoms with Crippen LogP contribution in [-0.4, -0.2) is 13.0 Å². The van der Waals surface area contributed by atoms with E-state index in [1.807, 2.05) is 30.3 Å². The van der Waals surface area contributed by atoms with Gasteiger partial charge in [-0.05, 0) is 30.2 Å². The lowest BCUT2D eigenvalue weighted by Crippen LogP contribution is -2.29. The molecule has 3 nitrogen and oxygen atoms in total. The SMILES string of the molecule is COc1ccc([C@@H]2CC=CC(=O)N2)cc1. The lowest BCUT2D eigenvalue weighted by atomic mass is 10.0. The molecule has 15 heavy (non-hydrogen) atoms. The van der Waals surface area contributed by atoms with E-state index in [-0.39, 0.29) is 11.9 Å². The summed E-state index contributed by atoms with van der Waals surface area (Å²) in [5.41, 5.74) is 1.11. The number of benzene rings is 1. The number of hydrogen-bond donors (Lipinski definition) is 1. The second-order valence-corrected chi connectivity index (χ2v) is 3.47. The Labute approximate surface area is 88.8 Å². The van der Waals surface area contributed by atoms with Crippen LogP contribution in [0.4, 0.5) is 0 Å². The summed E-state index contributed by atoms with van der Waals surface area (Å²) in [6, 6.07) is 7.85. The van der Waals surface area contributed by atoms with Gasteiger partial charge in [0.05, 0.1) is 13.2 Å². The smallest absolute Gasteiger partial charge is 0.244 e. The molecule has 2 rings (SSSR count). The average Bonchev–Trinajstić information content (AvgIpc) is 2.29. The van der Waals surface area contributed by atoms with Gasteiger partial charge in [0.2, 0.25) is 5.91 Å². The molecule has 1 aromatic carbocycles. The molecule has 3 heteroatoms. The van der Waals surface area contributed by atoms with Crippen molar-refractivity contribution in [3.05, 3.63) is 42.0 Å². The minimum absolute atomic E-state index is 0.0259. The largest absolute Gasteiger partial charge is 0.497 e. The Balaban J connectivity index is 2.15. The van der Waals surface area contributed by atoms with Crippen LogP contribution < -0.4 is 10.1 Å². The molecule has 1 heterocycles. The zero-order valence-electron chi connectivity index (χ0n) is 8.57. The molecule has 78 valence electrons. The van der Waals surface area contributed by atoms with Crippen LogP contribution in [-0.2, 0) is 4.79 Å². The quantitative estimate of drug-likeness (QED) is 0.796. The fourth-order valence-electron chi connectivity index (χ4n) is 1.65. The maximum absolute atomic E-state index is 11.1. The molecule has 0 aromatic heterocycles. The van der Waals surface area contributed by atoms with E-state index in [1.165, 1.54) is 0 Å². The minimum Gasteiger partial charge on any atom is -0.497 e. The summed E-state index contributed by atoms with van der Waals surface area (Å²) >= 11 is 0. The highest BCUT2D eigenvalue weighted by Crippen LogP contribution is 2.22. The Morgan fingerprint density at radius 2 is 2.07 bits per heavy atom. The van der Waals surface area contributed by atoms with Crippen LogP contribution in [0.5, 0.6) is 5.75 Å². The maximum atomic E-state index is 11.1. The van der Waals surface area contributed by atoms with Gasteiger partial charge in [0.25, 0.3) is 0 Å². The number of methoxy groups -OCH3 is 1. The molecular formula is C12H13NO2. The number of rotatable bonds is 2. The monoisotopic (exact) mass is 203 g/mol. The first-order valence-electron chi connectivity index (χ1n) is 4.90. The number of carbonyl (C=O) groups excluding carboxylic acids is 1. The predicted octanol–water partition coefficient (Wildman–Crippen LogP) is 1.81. The van der Waals surface area contributed by atoms with Gasteiger partial charge < -0.3 is 10.1 Å². The molecule has 1 aliphatic heterocycles. The summed E-state index contributed by atoms with van der Waals surface area (Å²) in [7, 11) is 1.64. The van der Waals surface area contributed by atoms with Crippen LogP contribution in [0.15, 0.2) is 36.4 Å². The van der Waals surface area contributed by atoms with Crippen LogP contribution in [0.2, 0.25) is 0 Å². The molecule has 1 aromatic rings. The Hall–Kier alpha value is -1.77. The lowest BCUT2D eigenvalue weighted by molar-refractivity contribution is -0.117. The summed E-state index contributed by atoms with van der Waals surface area (Å²) in [6.07, 6.45) is 4.31. The first-order chi connectivity index (χ1) is 7.29. The van der Waals surface area contributed by atoms with E-state index >= 15 is 0 Å². The van der Waals surface area contributed by atoms with Crippen molar-refractivity contribution in [1.82, 2.24) is 5.32 Å². The van der Waals surface area contributed by atoms with Crippen LogP contribution in [0.1, 0.15) is 18.0 Å². The van der Waals surface area contributed by atoms with E-state index in [1.54, 1.807) is 13.2 Å². The summed E-state index contributed by atoms with van der Waals surface area (Å²) < 4.78 is 5.08. The van der Waals surface area contributed by atoms with Crippen LogP contribution >= 0.6 is 0 Å². The fraction of sp³-hybridized carbons (Fsp3) is 0.250. The molecule has 0 fully saturated rings. The van der Waals surface area contributed by atoms with E-state index in [0.717, 1.165) is 17.7 Å². The lowest BCUT2D eigenvalue weighted by Gasteiger charge is -2.19. The van der Waals surface area contributed by atoms with Crippen LogP contribution in [0.3, 0.4) is 0 Å². The van der Waals surface area contributed by atoms with Crippen molar-refractivity contribution in [3.63, 3.8) is 0 Å². The molecule has 0 saturated carbocycles. The zero-order chi connectivity index (χ0) is 10.7. The molecule has 1 N–H and O–H groups in total. The van der Waals surface area contributed by atoms with Crippen molar-refractivity contribution in [2.24, 2.45) is 0 Å². The molecule has 0 radical (unpaired) electrons. The number of carbonyl (C=O) groups is 1. The van der Waals surface area contributed by atoms with E-state index in [9.17, 15) is 4.79 Å². The van der Waals surface area contributed by atoms with Crippen molar-refractivity contribution < 1.29 is 9.53 Å². The van der Waals surface area contributed by atoms with E-state index in [4.69, 9.17) is 4.74 Å². The molecule has 0 unspecified atom stereocenters. The highest BCUT2D eigenvalue weighted by Gasteiger charge is 2.15. The number of nitrogens with one attached hydrogen (secondary N) is 1. The first-order valence-corrected chi connectivity index (χ1v) is 4.90. The minimum atomic E-state index is -0.0259. The molecule has 0 saturated heterocycles. The number of ether oxygens (including phenoxy) is 1. The molecule has 1 aliphatic rings. The third-order valence-corrected chi connectivity index (χ3v) is 2.48. The summed E-state index contributed by atoms with van der Waals surface area (Å²) in [4.78, 5) is 11.1. The van der Waals surface area contributed by atoms with Gasteiger partial charge in [-0.3, -0.25) is 4.79 Å².